The van der Waals surface area contributed by atoms with E-state index in [4.69, 9.17) is 15.2 Å². The summed E-state index contributed by atoms with van der Waals surface area (Å²) in [5.41, 5.74) is 8.76. The number of carbonyl (C=O) groups excluding carboxylic acids is 1. The fourth-order valence-electron chi connectivity index (χ4n) is 4.19. The Morgan fingerprint density at radius 2 is 1.86 bits per heavy atom. The molecule has 1 aliphatic heterocycles. The van der Waals surface area contributed by atoms with E-state index < -0.39 is 5.92 Å². The van der Waals surface area contributed by atoms with Crippen molar-refractivity contribution in [2.45, 2.75) is 31.6 Å². The summed E-state index contributed by atoms with van der Waals surface area (Å²) in [7, 11) is 0. The van der Waals surface area contributed by atoms with Crippen molar-refractivity contribution < 1.29 is 14.3 Å². The number of rotatable bonds is 4. The fraction of sp³-hybridized carbons (Fsp3) is 0.250. The predicted molar refractivity (Wildman–Crippen MR) is 109 cm³/mol. The summed E-state index contributed by atoms with van der Waals surface area (Å²) in [6.45, 7) is 2.38. The van der Waals surface area contributed by atoms with Crippen molar-refractivity contribution in [2.24, 2.45) is 5.73 Å². The minimum Gasteiger partial charge on any atom is -0.494 e. The van der Waals surface area contributed by atoms with Crippen molar-refractivity contribution in [2.75, 3.05) is 6.61 Å². The van der Waals surface area contributed by atoms with Gasteiger partial charge in [-0.1, -0.05) is 48.5 Å². The summed E-state index contributed by atoms with van der Waals surface area (Å²) in [5.74, 6) is 0.702. The van der Waals surface area contributed by atoms with Gasteiger partial charge in [0.05, 0.1) is 12.5 Å². The van der Waals surface area contributed by atoms with Gasteiger partial charge in [-0.3, -0.25) is 4.79 Å². The molecule has 29 heavy (non-hydrogen) atoms. The highest BCUT2D eigenvalue weighted by Gasteiger charge is 2.41. The van der Waals surface area contributed by atoms with E-state index in [0.29, 0.717) is 36.5 Å². The van der Waals surface area contributed by atoms with Crippen molar-refractivity contribution >= 4 is 5.78 Å². The maximum absolute atomic E-state index is 13.3. The summed E-state index contributed by atoms with van der Waals surface area (Å²) in [4.78, 5) is 13.3. The molecule has 2 aromatic rings. The molecule has 0 spiro atoms. The first-order valence-corrected chi connectivity index (χ1v) is 9.74. The Labute approximate surface area is 170 Å². The summed E-state index contributed by atoms with van der Waals surface area (Å²) in [6, 6.07) is 19.6. The number of hydrogen-bond acceptors (Lipinski definition) is 5. The van der Waals surface area contributed by atoms with Crippen LogP contribution in [-0.2, 0) is 9.53 Å². The van der Waals surface area contributed by atoms with E-state index in [0.717, 1.165) is 11.1 Å². The van der Waals surface area contributed by atoms with Gasteiger partial charge in [-0.2, -0.15) is 5.26 Å². The second-order valence-corrected chi connectivity index (χ2v) is 7.17. The molecule has 0 saturated heterocycles. The van der Waals surface area contributed by atoms with Crippen LogP contribution in [0.2, 0.25) is 0 Å². The van der Waals surface area contributed by atoms with Gasteiger partial charge >= 0.3 is 0 Å². The summed E-state index contributed by atoms with van der Waals surface area (Å²) in [6.07, 6.45) is 0.940. The van der Waals surface area contributed by atoms with Crippen molar-refractivity contribution in [1.82, 2.24) is 0 Å². The molecular formula is C24H22N2O3. The van der Waals surface area contributed by atoms with Crippen LogP contribution in [0.25, 0.3) is 0 Å². The number of nitrogens with two attached hydrogens (primary N) is 1. The van der Waals surface area contributed by atoms with Gasteiger partial charge in [0, 0.05) is 24.0 Å². The molecular weight excluding hydrogens is 364 g/mol. The lowest BCUT2D eigenvalue weighted by Crippen LogP contribution is -2.30. The lowest BCUT2D eigenvalue weighted by Gasteiger charge is -2.34. The van der Waals surface area contributed by atoms with Gasteiger partial charge in [-0.05, 0) is 24.5 Å². The first-order chi connectivity index (χ1) is 14.1. The number of carbonyl (C=O) groups is 1. The number of benzene rings is 2. The number of ketones is 1. The second-order valence-electron chi connectivity index (χ2n) is 7.17. The van der Waals surface area contributed by atoms with Gasteiger partial charge in [0.25, 0.3) is 0 Å². The molecule has 0 saturated carbocycles. The zero-order chi connectivity index (χ0) is 20.4. The summed E-state index contributed by atoms with van der Waals surface area (Å²) < 4.78 is 11.6. The third-order valence-corrected chi connectivity index (χ3v) is 5.46. The van der Waals surface area contributed by atoms with Crippen LogP contribution >= 0.6 is 0 Å². The molecule has 0 fully saturated rings. The van der Waals surface area contributed by atoms with Crippen molar-refractivity contribution in [3.63, 3.8) is 0 Å². The average molecular weight is 386 g/mol. The number of hydrogen-bond donors (Lipinski definition) is 1. The van der Waals surface area contributed by atoms with Gasteiger partial charge in [0.15, 0.2) is 5.78 Å². The van der Waals surface area contributed by atoms with Crippen LogP contribution in [0.15, 0.2) is 77.4 Å². The molecule has 146 valence electrons. The number of nitrogens with zero attached hydrogens (tertiary/aromatic N) is 1. The molecule has 0 aromatic heterocycles. The summed E-state index contributed by atoms with van der Waals surface area (Å²) in [5, 5.41) is 9.78. The SMILES string of the molecule is CCOc1ccccc1C1C(C#N)=C(N)OC2=C1C(=O)CC(c1ccccc1)C2. The first-order valence-electron chi connectivity index (χ1n) is 9.74. The zero-order valence-corrected chi connectivity index (χ0v) is 16.2. The molecule has 1 heterocycles. The van der Waals surface area contributed by atoms with E-state index in [1.54, 1.807) is 0 Å². The van der Waals surface area contributed by atoms with Crippen LogP contribution < -0.4 is 10.5 Å². The van der Waals surface area contributed by atoms with Gasteiger partial charge < -0.3 is 15.2 Å². The Morgan fingerprint density at radius 1 is 1.14 bits per heavy atom. The van der Waals surface area contributed by atoms with Crippen molar-refractivity contribution in [3.8, 4) is 11.8 Å². The number of nitriles is 1. The Bertz CT molecular complexity index is 1050. The molecule has 2 aliphatic rings. The Kier molecular flexibility index (Phi) is 5.09. The maximum atomic E-state index is 13.3. The van der Waals surface area contributed by atoms with E-state index in [1.165, 1.54) is 0 Å². The average Bonchev–Trinajstić information content (AvgIpc) is 2.74. The minimum atomic E-state index is -0.573. The first kappa shape index (κ1) is 18.8. The zero-order valence-electron chi connectivity index (χ0n) is 16.2. The Morgan fingerprint density at radius 3 is 2.59 bits per heavy atom. The third kappa shape index (κ3) is 3.38. The standard InChI is InChI=1S/C24H22N2O3/c1-2-28-20-11-7-6-10-17(20)22-18(14-25)24(26)29-21-13-16(12-19(27)23(21)22)15-8-4-3-5-9-15/h3-11,16,22H,2,12-13,26H2,1H3. The highest BCUT2D eigenvalue weighted by Crippen LogP contribution is 2.48. The highest BCUT2D eigenvalue weighted by atomic mass is 16.5. The maximum Gasteiger partial charge on any atom is 0.205 e. The molecule has 0 bridgehead atoms. The quantitative estimate of drug-likeness (QED) is 0.847. The van der Waals surface area contributed by atoms with Crippen LogP contribution in [0.4, 0.5) is 0 Å². The molecule has 5 nitrogen and oxygen atoms in total. The second kappa shape index (κ2) is 7.84. The Hall–Kier alpha value is -3.52. The molecule has 5 heteroatoms. The minimum absolute atomic E-state index is 0.0170. The topological polar surface area (TPSA) is 85.3 Å². The van der Waals surface area contributed by atoms with Gasteiger partial charge in [-0.25, -0.2) is 0 Å². The number of para-hydroxylation sites is 1. The smallest absolute Gasteiger partial charge is 0.205 e. The van der Waals surface area contributed by atoms with Crippen molar-refractivity contribution in [3.05, 3.63) is 88.5 Å². The molecule has 0 radical (unpaired) electrons. The summed E-state index contributed by atoms with van der Waals surface area (Å²) >= 11 is 0. The van der Waals surface area contributed by atoms with E-state index in [9.17, 15) is 10.1 Å². The number of allylic oxidation sites excluding steroid dienone is 3. The molecule has 2 atom stereocenters. The van der Waals surface area contributed by atoms with Crippen LogP contribution in [0.3, 0.4) is 0 Å². The molecule has 2 aromatic carbocycles. The van der Waals surface area contributed by atoms with Crippen molar-refractivity contribution in [1.29, 1.82) is 5.26 Å². The number of ether oxygens (including phenoxy) is 2. The van der Waals surface area contributed by atoms with Crippen LogP contribution in [0.5, 0.6) is 5.75 Å². The largest absolute Gasteiger partial charge is 0.494 e. The van der Waals surface area contributed by atoms with Gasteiger partial charge in [-0.15, -0.1) is 0 Å². The third-order valence-electron chi connectivity index (χ3n) is 5.46. The molecule has 4 rings (SSSR count). The Balaban J connectivity index is 1.82. The monoisotopic (exact) mass is 386 g/mol. The van der Waals surface area contributed by atoms with Gasteiger partial charge in [0.1, 0.15) is 23.2 Å². The van der Waals surface area contributed by atoms with E-state index >= 15 is 0 Å². The highest BCUT2D eigenvalue weighted by molar-refractivity contribution is 6.00. The van der Waals surface area contributed by atoms with Gasteiger partial charge in [0.2, 0.25) is 5.88 Å². The van der Waals surface area contributed by atoms with Crippen LogP contribution in [0.1, 0.15) is 42.7 Å². The molecule has 1 aliphatic carbocycles. The molecule has 0 amide bonds. The van der Waals surface area contributed by atoms with E-state index in [2.05, 4.69) is 6.07 Å². The number of Topliss-reactive ketones (excluding diaryl/α,β-unsaturated/α-hetero) is 1. The van der Waals surface area contributed by atoms with E-state index in [1.807, 2.05) is 61.5 Å². The lowest BCUT2D eigenvalue weighted by atomic mass is 9.73. The molecule has 2 unspecified atom stereocenters. The van der Waals surface area contributed by atoms with Crippen LogP contribution in [-0.4, -0.2) is 12.4 Å². The normalized spacial score (nSPS) is 21.3. The molecule has 2 N–H and O–H groups in total. The predicted octanol–water partition coefficient (Wildman–Crippen LogP) is 4.29. The van der Waals surface area contributed by atoms with E-state index in [-0.39, 0.29) is 23.2 Å². The fourth-order valence-corrected chi connectivity index (χ4v) is 4.19. The lowest BCUT2D eigenvalue weighted by molar-refractivity contribution is -0.117. The van der Waals surface area contributed by atoms with Crippen LogP contribution in [0, 0.1) is 11.3 Å².